The molecule has 0 unspecified atom stereocenters. The lowest BCUT2D eigenvalue weighted by Crippen LogP contribution is -1.68. The van der Waals surface area contributed by atoms with Crippen molar-refractivity contribution in [3.8, 4) is 5.75 Å². The first-order valence-corrected chi connectivity index (χ1v) is 6.33. The van der Waals surface area contributed by atoms with E-state index in [1.807, 2.05) is 25.1 Å². The second kappa shape index (κ2) is 4.27. The fraction of sp³-hybridized carbons (Fsp3) is 0.0769. The monoisotopic (exact) mass is 257 g/mol. The summed E-state index contributed by atoms with van der Waals surface area (Å²) in [6.07, 6.45) is 1.80. The third-order valence-corrected chi connectivity index (χ3v) is 3.68. The van der Waals surface area contributed by atoms with Crippen LogP contribution in [-0.2, 0) is 0 Å². The van der Waals surface area contributed by atoms with Crippen molar-refractivity contribution in [2.75, 3.05) is 0 Å². The number of H-pyrrole nitrogens is 1. The Hall–Kier alpha value is -2.14. The van der Waals surface area contributed by atoms with E-state index in [4.69, 9.17) is 0 Å². The van der Waals surface area contributed by atoms with Crippen LogP contribution >= 0.6 is 11.3 Å². The predicted molar refractivity (Wildman–Crippen MR) is 73.2 cm³/mol. The Balaban J connectivity index is 2.09. The van der Waals surface area contributed by atoms with Crippen LogP contribution in [0, 0.1) is 6.92 Å². The number of phenolic OH excluding ortho intramolecular Hbond substituents is 1. The van der Waals surface area contributed by atoms with E-state index in [2.05, 4.69) is 15.2 Å². The zero-order valence-electron chi connectivity index (χ0n) is 9.71. The highest BCUT2D eigenvalue weighted by Crippen LogP contribution is 2.39. The lowest BCUT2D eigenvalue weighted by Gasteiger charge is -1.97. The molecule has 0 saturated carbocycles. The molecular weight excluding hydrogens is 246 g/mol. The normalized spacial score (nSPS) is 11.6. The average molecular weight is 257 g/mol. The molecule has 18 heavy (non-hydrogen) atoms. The van der Waals surface area contributed by atoms with Gasteiger partial charge in [-0.1, -0.05) is 0 Å². The van der Waals surface area contributed by atoms with Gasteiger partial charge in [0.05, 0.1) is 4.70 Å². The summed E-state index contributed by atoms with van der Waals surface area (Å²) in [7, 11) is 0. The smallest absolute Gasteiger partial charge is 0.152 e. The Morgan fingerprint density at radius 1 is 1.22 bits per heavy atom. The number of aromatic hydroxyl groups is 1. The van der Waals surface area contributed by atoms with Crippen molar-refractivity contribution in [1.29, 1.82) is 0 Å². The van der Waals surface area contributed by atoms with E-state index in [0.717, 1.165) is 20.7 Å². The van der Waals surface area contributed by atoms with Gasteiger partial charge in [0, 0.05) is 16.5 Å². The molecular formula is C13H11N3OS. The molecule has 0 saturated heterocycles. The molecule has 2 heterocycles. The minimum atomic E-state index is 0.285. The molecule has 0 aliphatic heterocycles. The number of thiophene rings is 1. The summed E-state index contributed by atoms with van der Waals surface area (Å²) in [5, 5.41) is 19.0. The summed E-state index contributed by atoms with van der Waals surface area (Å²) in [6.45, 7) is 2.01. The van der Waals surface area contributed by atoms with E-state index >= 15 is 0 Å². The topological polar surface area (TPSA) is 60.7 Å². The highest BCUT2D eigenvalue weighted by Gasteiger charge is 2.08. The highest BCUT2D eigenvalue weighted by atomic mass is 32.1. The van der Waals surface area contributed by atoms with Crippen molar-refractivity contribution in [2.24, 2.45) is 10.2 Å². The molecule has 0 radical (unpaired) electrons. The summed E-state index contributed by atoms with van der Waals surface area (Å²) in [5.74, 6) is 0.998. The van der Waals surface area contributed by atoms with Gasteiger partial charge in [0.1, 0.15) is 11.4 Å². The molecule has 0 atom stereocenters. The quantitative estimate of drug-likeness (QED) is 0.644. The van der Waals surface area contributed by atoms with Gasteiger partial charge in [-0.25, -0.2) is 0 Å². The summed E-state index contributed by atoms with van der Waals surface area (Å²) in [6, 6.07) is 9.11. The Morgan fingerprint density at radius 3 is 2.89 bits per heavy atom. The number of aryl methyl sites for hydroxylation is 1. The number of azo groups is 1. The minimum absolute atomic E-state index is 0.285. The van der Waals surface area contributed by atoms with Crippen LogP contribution in [0.2, 0.25) is 0 Å². The second-order valence-electron chi connectivity index (χ2n) is 3.96. The van der Waals surface area contributed by atoms with Gasteiger partial charge in [0.25, 0.3) is 0 Å². The van der Waals surface area contributed by atoms with Crippen LogP contribution in [0.4, 0.5) is 11.5 Å². The molecule has 5 heteroatoms. The molecule has 0 fully saturated rings. The molecule has 0 aliphatic rings. The predicted octanol–water partition coefficient (Wildman–Crippen LogP) is 4.66. The largest absolute Gasteiger partial charge is 0.507 e. The SMILES string of the molecule is Cc1cc2c(O)ccc(/N=N/c3ccc[nH]3)c2s1. The molecule has 3 aromatic rings. The number of rotatable bonds is 2. The third kappa shape index (κ3) is 1.89. The summed E-state index contributed by atoms with van der Waals surface area (Å²) < 4.78 is 0.961. The fourth-order valence-corrected chi connectivity index (χ4v) is 2.77. The van der Waals surface area contributed by atoms with E-state index in [0.29, 0.717) is 5.82 Å². The van der Waals surface area contributed by atoms with Crippen LogP contribution in [0.5, 0.6) is 5.75 Å². The van der Waals surface area contributed by atoms with Crippen LogP contribution in [-0.4, -0.2) is 10.1 Å². The Kier molecular flexibility index (Phi) is 2.60. The molecule has 0 amide bonds. The van der Waals surface area contributed by atoms with Crippen LogP contribution in [0.15, 0.2) is 46.8 Å². The number of hydrogen-bond acceptors (Lipinski definition) is 4. The number of hydrogen-bond donors (Lipinski definition) is 2. The van der Waals surface area contributed by atoms with Gasteiger partial charge in [0.15, 0.2) is 5.82 Å². The van der Waals surface area contributed by atoms with Crippen molar-refractivity contribution >= 4 is 32.9 Å². The second-order valence-corrected chi connectivity index (χ2v) is 5.22. The molecule has 2 N–H and O–H groups in total. The van der Waals surface area contributed by atoms with Crippen molar-refractivity contribution < 1.29 is 5.11 Å². The van der Waals surface area contributed by atoms with E-state index in [-0.39, 0.29) is 5.75 Å². The van der Waals surface area contributed by atoms with E-state index in [1.165, 1.54) is 0 Å². The van der Waals surface area contributed by atoms with Gasteiger partial charge in [0.2, 0.25) is 0 Å². The molecule has 0 spiro atoms. The number of aromatic nitrogens is 1. The van der Waals surface area contributed by atoms with E-state index < -0.39 is 0 Å². The Labute approximate surface area is 108 Å². The lowest BCUT2D eigenvalue weighted by molar-refractivity contribution is 0.482. The maximum Gasteiger partial charge on any atom is 0.152 e. The first-order chi connectivity index (χ1) is 8.74. The lowest BCUT2D eigenvalue weighted by atomic mass is 10.2. The summed E-state index contributed by atoms with van der Waals surface area (Å²) >= 11 is 1.61. The Bertz CT molecular complexity index is 713. The highest BCUT2D eigenvalue weighted by molar-refractivity contribution is 7.19. The zero-order valence-corrected chi connectivity index (χ0v) is 10.5. The minimum Gasteiger partial charge on any atom is -0.507 e. The van der Waals surface area contributed by atoms with Crippen molar-refractivity contribution in [3.63, 3.8) is 0 Å². The fourth-order valence-electron chi connectivity index (χ4n) is 1.79. The molecule has 2 aromatic heterocycles. The summed E-state index contributed by atoms with van der Waals surface area (Å²) in [4.78, 5) is 4.11. The van der Waals surface area contributed by atoms with Gasteiger partial charge in [-0.05, 0) is 37.3 Å². The van der Waals surface area contributed by atoms with Crippen LogP contribution in [0.1, 0.15) is 4.88 Å². The van der Waals surface area contributed by atoms with Gasteiger partial charge in [-0.15, -0.1) is 21.6 Å². The molecule has 0 aliphatic carbocycles. The van der Waals surface area contributed by atoms with Crippen molar-refractivity contribution in [1.82, 2.24) is 4.98 Å². The van der Waals surface area contributed by atoms with Crippen molar-refractivity contribution in [3.05, 3.63) is 41.4 Å². The zero-order chi connectivity index (χ0) is 12.5. The van der Waals surface area contributed by atoms with E-state index in [1.54, 1.807) is 29.7 Å². The number of aromatic amines is 1. The van der Waals surface area contributed by atoms with Crippen LogP contribution < -0.4 is 0 Å². The first-order valence-electron chi connectivity index (χ1n) is 5.51. The van der Waals surface area contributed by atoms with Crippen molar-refractivity contribution in [2.45, 2.75) is 6.92 Å². The van der Waals surface area contributed by atoms with Gasteiger partial charge < -0.3 is 10.1 Å². The number of phenols is 1. The standard InChI is InChI=1S/C13H11N3OS/c1-8-7-9-11(17)5-4-10(13(9)18-8)15-16-12-3-2-6-14-12/h2-7,14,17H,1H3/b16-15+. The molecule has 3 rings (SSSR count). The molecule has 0 bridgehead atoms. The average Bonchev–Trinajstić information content (AvgIpc) is 2.97. The van der Waals surface area contributed by atoms with Crippen LogP contribution in [0.25, 0.3) is 10.1 Å². The van der Waals surface area contributed by atoms with Gasteiger partial charge in [-0.2, -0.15) is 0 Å². The number of fused-ring (bicyclic) bond motifs is 1. The summed E-state index contributed by atoms with van der Waals surface area (Å²) in [5.41, 5.74) is 0.774. The number of nitrogens with zero attached hydrogens (tertiary/aromatic N) is 2. The van der Waals surface area contributed by atoms with Gasteiger partial charge >= 0.3 is 0 Å². The Morgan fingerprint density at radius 2 is 2.11 bits per heavy atom. The maximum absolute atomic E-state index is 9.79. The van der Waals surface area contributed by atoms with Crippen LogP contribution in [0.3, 0.4) is 0 Å². The number of nitrogens with one attached hydrogen (secondary N) is 1. The maximum atomic E-state index is 9.79. The van der Waals surface area contributed by atoms with Gasteiger partial charge in [-0.3, -0.25) is 0 Å². The van der Waals surface area contributed by atoms with E-state index in [9.17, 15) is 5.11 Å². The molecule has 1 aromatic carbocycles. The third-order valence-electron chi connectivity index (χ3n) is 2.61. The molecule has 90 valence electrons. The number of benzene rings is 1. The first kappa shape index (κ1) is 11.0. The molecule has 4 nitrogen and oxygen atoms in total.